The maximum atomic E-state index is 14.0. The quantitative estimate of drug-likeness (QED) is 0.163. The second-order valence-corrected chi connectivity index (χ2v) is 7.69. The van der Waals surface area contributed by atoms with Gasteiger partial charge >= 0.3 is 17.9 Å². The first kappa shape index (κ1) is 26.9. The molecule has 0 aliphatic carbocycles. The maximum absolute atomic E-state index is 14.0. The summed E-state index contributed by atoms with van der Waals surface area (Å²) in [6.07, 6.45) is 0. The Balaban J connectivity index is 1.69. The number of benzene rings is 4. The van der Waals surface area contributed by atoms with E-state index in [0.717, 1.165) is 54.6 Å². The standard InChI is InChI=1S/C27H12F6O6/c28-16-1-4-22(19(31)10-16)37-25(34)13-7-14(26(35)38-23-5-2-17(29)11-20(23)32)9-15(8-13)27(36)39-24-6-3-18(30)12-21(24)33/h1-12H. The van der Waals surface area contributed by atoms with Crippen molar-refractivity contribution in [3.63, 3.8) is 0 Å². The molecule has 0 saturated heterocycles. The van der Waals surface area contributed by atoms with Crippen LogP contribution in [0.15, 0.2) is 72.8 Å². The van der Waals surface area contributed by atoms with E-state index in [9.17, 15) is 40.7 Å². The fraction of sp³-hybridized carbons (Fsp3) is 0. The van der Waals surface area contributed by atoms with E-state index in [4.69, 9.17) is 14.2 Å². The fourth-order valence-corrected chi connectivity index (χ4v) is 3.13. The van der Waals surface area contributed by atoms with Crippen molar-refractivity contribution >= 4 is 17.9 Å². The Labute approximate surface area is 215 Å². The molecule has 4 aromatic carbocycles. The summed E-state index contributed by atoms with van der Waals surface area (Å²) in [4.78, 5) is 38.1. The van der Waals surface area contributed by atoms with Gasteiger partial charge in [0.15, 0.2) is 34.7 Å². The summed E-state index contributed by atoms with van der Waals surface area (Å²) in [6.45, 7) is 0. The zero-order chi connectivity index (χ0) is 28.3. The van der Waals surface area contributed by atoms with Crippen LogP contribution in [0.3, 0.4) is 0 Å². The Morgan fingerprint density at radius 2 is 0.667 bits per heavy atom. The summed E-state index contributed by atoms with van der Waals surface area (Å²) in [5.74, 6) is -12.7. The number of hydrogen-bond acceptors (Lipinski definition) is 6. The van der Waals surface area contributed by atoms with Gasteiger partial charge in [0.1, 0.15) is 17.5 Å². The van der Waals surface area contributed by atoms with E-state index >= 15 is 0 Å². The van der Waals surface area contributed by atoms with Gasteiger partial charge in [-0.25, -0.2) is 40.7 Å². The third kappa shape index (κ3) is 6.42. The van der Waals surface area contributed by atoms with E-state index in [1.54, 1.807) is 0 Å². The number of ether oxygens (including phenoxy) is 3. The summed E-state index contributed by atoms with van der Waals surface area (Å²) >= 11 is 0. The molecule has 4 aromatic rings. The molecule has 198 valence electrons. The molecule has 12 heteroatoms. The molecule has 0 radical (unpaired) electrons. The van der Waals surface area contributed by atoms with Crippen LogP contribution in [0.2, 0.25) is 0 Å². The summed E-state index contributed by atoms with van der Waals surface area (Å²) < 4.78 is 96.0. The highest BCUT2D eigenvalue weighted by Gasteiger charge is 2.22. The van der Waals surface area contributed by atoms with Crippen LogP contribution in [0.25, 0.3) is 0 Å². The molecule has 39 heavy (non-hydrogen) atoms. The van der Waals surface area contributed by atoms with Crippen molar-refractivity contribution < 1.29 is 54.9 Å². The molecule has 0 atom stereocenters. The molecule has 0 spiro atoms. The fourth-order valence-electron chi connectivity index (χ4n) is 3.13. The monoisotopic (exact) mass is 546 g/mol. The molecule has 6 nitrogen and oxygen atoms in total. The van der Waals surface area contributed by atoms with Gasteiger partial charge in [0.25, 0.3) is 0 Å². The summed E-state index contributed by atoms with van der Waals surface area (Å²) in [5, 5.41) is 0. The van der Waals surface area contributed by atoms with Crippen LogP contribution in [0, 0.1) is 34.9 Å². The molecule has 0 saturated carbocycles. The van der Waals surface area contributed by atoms with Crippen LogP contribution in [0.4, 0.5) is 26.3 Å². The van der Waals surface area contributed by atoms with Gasteiger partial charge in [-0.3, -0.25) is 0 Å². The summed E-state index contributed by atoms with van der Waals surface area (Å²) in [5.41, 5.74) is -1.67. The lowest BCUT2D eigenvalue weighted by molar-refractivity contribution is 0.0726. The number of esters is 3. The minimum absolute atomic E-state index is 0.438. The number of rotatable bonds is 6. The van der Waals surface area contributed by atoms with Gasteiger partial charge in [0, 0.05) is 18.2 Å². The van der Waals surface area contributed by atoms with Crippen LogP contribution in [0.5, 0.6) is 17.2 Å². The first-order valence-corrected chi connectivity index (χ1v) is 10.7. The van der Waals surface area contributed by atoms with E-state index in [1.807, 2.05) is 0 Å². The maximum Gasteiger partial charge on any atom is 0.343 e. The topological polar surface area (TPSA) is 78.9 Å². The first-order chi connectivity index (χ1) is 18.5. The van der Waals surface area contributed by atoms with E-state index < -0.39 is 86.8 Å². The molecule has 0 amide bonds. The lowest BCUT2D eigenvalue weighted by atomic mass is 10.1. The van der Waals surface area contributed by atoms with Crippen LogP contribution < -0.4 is 14.2 Å². The summed E-state index contributed by atoms with van der Waals surface area (Å²) in [6, 6.07) is 8.66. The molecule has 4 rings (SSSR count). The van der Waals surface area contributed by atoms with Crippen molar-refractivity contribution in [2.24, 2.45) is 0 Å². The predicted octanol–water partition coefficient (Wildman–Crippen LogP) is 6.18. The number of carbonyl (C=O) groups excluding carboxylic acids is 3. The lowest BCUT2D eigenvalue weighted by Crippen LogP contribution is -2.17. The van der Waals surface area contributed by atoms with Crippen LogP contribution >= 0.6 is 0 Å². The van der Waals surface area contributed by atoms with Gasteiger partial charge in [0.05, 0.1) is 16.7 Å². The highest BCUT2D eigenvalue weighted by molar-refractivity contribution is 6.01. The second-order valence-electron chi connectivity index (χ2n) is 7.69. The molecule has 0 aliphatic heterocycles. The van der Waals surface area contributed by atoms with Crippen molar-refractivity contribution in [1.29, 1.82) is 0 Å². The lowest BCUT2D eigenvalue weighted by Gasteiger charge is -2.11. The zero-order valence-corrected chi connectivity index (χ0v) is 19.1. The van der Waals surface area contributed by atoms with Gasteiger partial charge < -0.3 is 14.2 Å². The molecular weight excluding hydrogens is 534 g/mol. The van der Waals surface area contributed by atoms with Crippen molar-refractivity contribution in [2.45, 2.75) is 0 Å². The Kier molecular flexibility index (Phi) is 7.65. The van der Waals surface area contributed by atoms with Crippen LogP contribution in [-0.4, -0.2) is 17.9 Å². The van der Waals surface area contributed by atoms with E-state index in [0.29, 0.717) is 18.2 Å². The average Bonchev–Trinajstić information content (AvgIpc) is 2.88. The minimum atomic E-state index is -1.33. The Morgan fingerprint density at radius 3 is 0.897 bits per heavy atom. The molecule has 0 bridgehead atoms. The van der Waals surface area contributed by atoms with Gasteiger partial charge in [-0.2, -0.15) is 0 Å². The largest absolute Gasteiger partial charge is 0.420 e. The molecule has 0 fully saturated rings. The van der Waals surface area contributed by atoms with Gasteiger partial charge in [-0.15, -0.1) is 0 Å². The average molecular weight is 546 g/mol. The Bertz CT molecular complexity index is 1420. The highest BCUT2D eigenvalue weighted by atomic mass is 19.2. The highest BCUT2D eigenvalue weighted by Crippen LogP contribution is 2.24. The van der Waals surface area contributed by atoms with Crippen molar-refractivity contribution in [2.75, 3.05) is 0 Å². The zero-order valence-electron chi connectivity index (χ0n) is 19.1. The van der Waals surface area contributed by atoms with Crippen molar-refractivity contribution in [1.82, 2.24) is 0 Å². The third-order valence-electron chi connectivity index (χ3n) is 4.93. The first-order valence-electron chi connectivity index (χ1n) is 10.7. The normalized spacial score (nSPS) is 10.6. The second kappa shape index (κ2) is 11.1. The molecule has 0 N–H and O–H groups in total. The number of halogens is 6. The van der Waals surface area contributed by atoms with Gasteiger partial charge in [-0.05, 0) is 54.6 Å². The molecule has 0 heterocycles. The van der Waals surface area contributed by atoms with Crippen LogP contribution in [0.1, 0.15) is 31.1 Å². The van der Waals surface area contributed by atoms with Gasteiger partial charge in [-0.1, -0.05) is 0 Å². The van der Waals surface area contributed by atoms with Gasteiger partial charge in [0.2, 0.25) is 0 Å². The summed E-state index contributed by atoms with van der Waals surface area (Å²) in [7, 11) is 0. The van der Waals surface area contributed by atoms with E-state index in [1.165, 1.54) is 0 Å². The SMILES string of the molecule is O=C(Oc1ccc(F)cc1F)c1cc(C(=O)Oc2ccc(F)cc2F)cc(C(=O)Oc2ccc(F)cc2F)c1. The predicted molar refractivity (Wildman–Crippen MR) is 120 cm³/mol. The van der Waals surface area contributed by atoms with Crippen LogP contribution in [-0.2, 0) is 0 Å². The smallest absolute Gasteiger partial charge is 0.343 e. The van der Waals surface area contributed by atoms with E-state index in [2.05, 4.69) is 0 Å². The Hall–Kier alpha value is -5.13. The number of hydrogen-bond donors (Lipinski definition) is 0. The molecular formula is C27H12F6O6. The molecule has 0 unspecified atom stereocenters. The minimum Gasteiger partial charge on any atom is -0.420 e. The Morgan fingerprint density at radius 1 is 0.410 bits per heavy atom. The number of carbonyl (C=O) groups is 3. The molecule has 0 aliphatic rings. The van der Waals surface area contributed by atoms with Crippen molar-refractivity contribution in [3.8, 4) is 17.2 Å². The third-order valence-corrected chi connectivity index (χ3v) is 4.93. The molecule has 0 aromatic heterocycles. The van der Waals surface area contributed by atoms with E-state index in [-0.39, 0.29) is 0 Å². The van der Waals surface area contributed by atoms with Crippen molar-refractivity contribution in [3.05, 3.63) is 124 Å².